The van der Waals surface area contributed by atoms with Gasteiger partial charge in [-0.2, -0.15) is 0 Å². The maximum absolute atomic E-state index is 12.1. The van der Waals surface area contributed by atoms with Crippen LogP contribution in [0.3, 0.4) is 0 Å². The van der Waals surface area contributed by atoms with Crippen molar-refractivity contribution in [2.24, 2.45) is 0 Å². The summed E-state index contributed by atoms with van der Waals surface area (Å²) in [5.41, 5.74) is 1.49. The van der Waals surface area contributed by atoms with Crippen LogP contribution in [0.1, 0.15) is 30.1 Å². The van der Waals surface area contributed by atoms with Crippen molar-refractivity contribution in [1.82, 2.24) is 9.97 Å². The lowest BCUT2D eigenvalue weighted by atomic mass is 10.1. The molecule has 1 aliphatic heterocycles. The van der Waals surface area contributed by atoms with Crippen molar-refractivity contribution in [1.29, 1.82) is 0 Å². The largest absolute Gasteiger partial charge is 0.454 e. The standard InChI is InChI=1S/C16H15N3O3/c20-15(6-10-1-4-13-14(5-10)22-9-21-13)19-12-7-17-16(18-8-12)11-2-3-11/h1,4-5,7-8,11H,2-3,6,9H2,(H,19,20). The highest BCUT2D eigenvalue weighted by Crippen LogP contribution is 2.37. The van der Waals surface area contributed by atoms with E-state index in [1.54, 1.807) is 12.4 Å². The molecule has 0 bridgehead atoms. The van der Waals surface area contributed by atoms with Crippen LogP contribution in [-0.4, -0.2) is 22.7 Å². The van der Waals surface area contributed by atoms with E-state index in [1.807, 2.05) is 18.2 Å². The molecular weight excluding hydrogens is 282 g/mol. The highest BCUT2D eigenvalue weighted by molar-refractivity contribution is 5.92. The van der Waals surface area contributed by atoms with E-state index in [2.05, 4.69) is 15.3 Å². The fourth-order valence-electron chi connectivity index (χ4n) is 2.40. The van der Waals surface area contributed by atoms with Gasteiger partial charge in [-0.1, -0.05) is 6.07 Å². The summed E-state index contributed by atoms with van der Waals surface area (Å²) in [6.07, 6.45) is 5.92. The normalized spacial score (nSPS) is 15.6. The first-order chi connectivity index (χ1) is 10.8. The van der Waals surface area contributed by atoms with Gasteiger partial charge in [0.2, 0.25) is 12.7 Å². The zero-order valence-corrected chi connectivity index (χ0v) is 11.9. The summed E-state index contributed by atoms with van der Waals surface area (Å²) in [5, 5.41) is 2.81. The van der Waals surface area contributed by atoms with Crippen LogP contribution in [0.4, 0.5) is 5.69 Å². The molecule has 1 fully saturated rings. The number of hydrogen-bond donors (Lipinski definition) is 1. The number of hydrogen-bond acceptors (Lipinski definition) is 5. The van der Waals surface area contributed by atoms with Crippen LogP contribution in [0.2, 0.25) is 0 Å². The van der Waals surface area contributed by atoms with Gasteiger partial charge in [0.25, 0.3) is 0 Å². The van der Waals surface area contributed by atoms with E-state index in [9.17, 15) is 4.79 Å². The third-order valence-electron chi connectivity index (χ3n) is 3.70. The first-order valence-corrected chi connectivity index (χ1v) is 7.28. The molecule has 0 atom stereocenters. The molecule has 2 heterocycles. The van der Waals surface area contributed by atoms with Crippen LogP contribution in [-0.2, 0) is 11.2 Å². The third kappa shape index (κ3) is 2.72. The van der Waals surface area contributed by atoms with Crippen molar-refractivity contribution in [3.05, 3.63) is 42.0 Å². The van der Waals surface area contributed by atoms with Crippen molar-refractivity contribution < 1.29 is 14.3 Å². The van der Waals surface area contributed by atoms with Crippen LogP contribution < -0.4 is 14.8 Å². The van der Waals surface area contributed by atoms with E-state index < -0.39 is 0 Å². The first-order valence-electron chi connectivity index (χ1n) is 7.28. The van der Waals surface area contributed by atoms with Crippen molar-refractivity contribution in [2.45, 2.75) is 25.2 Å². The number of carbonyl (C=O) groups is 1. The van der Waals surface area contributed by atoms with Gasteiger partial charge in [-0.25, -0.2) is 9.97 Å². The number of nitrogens with zero attached hydrogens (tertiary/aromatic N) is 2. The molecule has 1 N–H and O–H groups in total. The number of benzene rings is 1. The molecule has 1 amide bonds. The van der Waals surface area contributed by atoms with Crippen molar-refractivity contribution >= 4 is 11.6 Å². The van der Waals surface area contributed by atoms with E-state index in [-0.39, 0.29) is 19.1 Å². The Morgan fingerprint density at radius 3 is 2.73 bits per heavy atom. The molecule has 2 aromatic rings. The van der Waals surface area contributed by atoms with Crippen LogP contribution in [0.5, 0.6) is 11.5 Å². The molecule has 1 aromatic heterocycles. The predicted molar refractivity (Wildman–Crippen MR) is 78.9 cm³/mol. The van der Waals surface area contributed by atoms with E-state index in [4.69, 9.17) is 9.47 Å². The fraction of sp³-hybridized carbons (Fsp3) is 0.312. The Hall–Kier alpha value is -2.63. The summed E-state index contributed by atoms with van der Waals surface area (Å²) in [5.74, 6) is 2.67. The summed E-state index contributed by atoms with van der Waals surface area (Å²) in [7, 11) is 0. The summed E-state index contributed by atoms with van der Waals surface area (Å²) in [4.78, 5) is 20.6. The number of amides is 1. The van der Waals surface area contributed by atoms with Crippen LogP contribution in [0.15, 0.2) is 30.6 Å². The van der Waals surface area contributed by atoms with Gasteiger partial charge in [0.05, 0.1) is 24.5 Å². The Balaban J connectivity index is 1.39. The average molecular weight is 297 g/mol. The maximum atomic E-state index is 12.1. The Morgan fingerprint density at radius 1 is 1.18 bits per heavy atom. The van der Waals surface area contributed by atoms with Crippen molar-refractivity contribution in [3.8, 4) is 11.5 Å². The maximum Gasteiger partial charge on any atom is 0.231 e. The van der Waals surface area contributed by atoms with Crippen molar-refractivity contribution in [3.63, 3.8) is 0 Å². The molecule has 0 spiro atoms. The van der Waals surface area contributed by atoms with Gasteiger partial charge in [0, 0.05) is 5.92 Å². The summed E-state index contributed by atoms with van der Waals surface area (Å²) >= 11 is 0. The predicted octanol–water partition coefficient (Wildman–Crippen LogP) is 2.26. The second-order valence-corrected chi connectivity index (χ2v) is 5.52. The van der Waals surface area contributed by atoms with Gasteiger partial charge < -0.3 is 14.8 Å². The van der Waals surface area contributed by atoms with Crippen LogP contribution in [0.25, 0.3) is 0 Å². The molecule has 4 rings (SSSR count). The number of ether oxygens (including phenoxy) is 2. The smallest absolute Gasteiger partial charge is 0.231 e. The van der Waals surface area contributed by atoms with Gasteiger partial charge >= 0.3 is 0 Å². The number of rotatable bonds is 4. The number of fused-ring (bicyclic) bond motifs is 1. The minimum absolute atomic E-state index is 0.110. The Morgan fingerprint density at radius 2 is 1.95 bits per heavy atom. The SMILES string of the molecule is O=C(Cc1ccc2c(c1)OCO2)Nc1cnc(C2CC2)nc1. The lowest BCUT2D eigenvalue weighted by molar-refractivity contribution is -0.115. The lowest BCUT2D eigenvalue weighted by Gasteiger charge is -2.06. The quantitative estimate of drug-likeness (QED) is 0.937. The van der Waals surface area contributed by atoms with Gasteiger partial charge in [0.1, 0.15) is 5.82 Å². The average Bonchev–Trinajstić information content (AvgIpc) is 3.26. The molecular formula is C16H15N3O3. The molecule has 1 aromatic carbocycles. The van der Waals surface area contributed by atoms with Crippen LogP contribution in [0, 0.1) is 0 Å². The Bertz CT molecular complexity index is 711. The minimum Gasteiger partial charge on any atom is -0.454 e. The summed E-state index contributed by atoms with van der Waals surface area (Å²) in [6, 6.07) is 5.51. The molecule has 6 heteroatoms. The molecule has 2 aliphatic rings. The molecule has 112 valence electrons. The zero-order chi connectivity index (χ0) is 14.9. The number of aromatic nitrogens is 2. The second kappa shape index (κ2) is 5.29. The van der Waals surface area contributed by atoms with Gasteiger partial charge in [-0.05, 0) is 30.5 Å². The topological polar surface area (TPSA) is 73.3 Å². The molecule has 0 saturated heterocycles. The molecule has 6 nitrogen and oxygen atoms in total. The Labute approximate surface area is 127 Å². The molecule has 0 unspecified atom stereocenters. The molecule has 1 saturated carbocycles. The lowest BCUT2D eigenvalue weighted by Crippen LogP contribution is -2.15. The van der Waals surface area contributed by atoms with Crippen molar-refractivity contribution in [2.75, 3.05) is 12.1 Å². The summed E-state index contributed by atoms with van der Waals surface area (Å²) < 4.78 is 10.6. The second-order valence-electron chi connectivity index (χ2n) is 5.52. The first kappa shape index (κ1) is 13.1. The molecule has 1 aliphatic carbocycles. The summed E-state index contributed by atoms with van der Waals surface area (Å²) in [6.45, 7) is 0.232. The van der Waals surface area contributed by atoms with E-state index in [0.29, 0.717) is 23.1 Å². The molecule has 22 heavy (non-hydrogen) atoms. The fourth-order valence-corrected chi connectivity index (χ4v) is 2.40. The number of nitrogens with one attached hydrogen (secondary N) is 1. The van der Waals surface area contributed by atoms with Gasteiger partial charge in [-0.3, -0.25) is 4.79 Å². The Kier molecular flexibility index (Phi) is 3.14. The highest BCUT2D eigenvalue weighted by Gasteiger charge is 2.26. The van der Waals surface area contributed by atoms with Gasteiger partial charge in [-0.15, -0.1) is 0 Å². The number of carbonyl (C=O) groups excluding carboxylic acids is 1. The number of anilines is 1. The van der Waals surface area contributed by atoms with E-state index in [0.717, 1.165) is 24.2 Å². The molecule has 0 radical (unpaired) electrons. The van der Waals surface area contributed by atoms with E-state index >= 15 is 0 Å². The highest BCUT2D eigenvalue weighted by atomic mass is 16.7. The zero-order valence-electron chi connectivity index (χ0n) is 11.9. The van der Waals surface area contributed by atoms with E-state index in [1.165, 1.54) is 0 Å². The third-order valence-corrected chi connectivity index (χ3v) is 3.70. The minimum atomic E-state index is -0.110. The van der Waals surface area contributed by atoms with Crippen LogP contribution >= 0.6 is 0 Å². The van der Waals surface area contributed by atoms with Gasteiger partial charge in [0.15, 0.2) is 11.5 Å². The monoisotopic (exact) mass is 297 g/mol.